The van der Waals surface area contributed by atoms with E-state index in [1.807, 2.05) is 0 Å². The number of hydrogen-bond acceptors (Lipinski definition) is 21. The van der Waals surface area contributed by atoms with Gasteiger partial charge in [-0.15, -0.1) is 0 Å². The summed E-state index contributed by atoms with van der Waals surface area (Å²) < 4.78 is 56.0. The second-order valence-electron chi connectivity index (χ2n) is 8.62. The molecule has 0 aromatic rings. The predicted octanol–water partition coefficient (Wildman–Crippen LogP) is -15.9. The monoisotopic (exact) mass is 876 g/mol. The van der Waals surface area contributed by atoms with Crippen LogP contribution in [-0.4, -0.2) is 161 Å². The van der Waals surface area contributed by atoms with E-state index in [1.165, 1.54) is 0 Å². The molecule has 0 saturated heterocycles. The smallest absolute Gasteiger partial charge is 1.00 e. The van der Waals surface area contributed by atoms with Crippen molar-refractivity contribution in [2.24, 2.45) is 0 Å². The van der Waals surface area contributed by atoms with Gasteiger partial charge in [-0.05, 0) is 0 Å². The van der Waals surface area contributed by atoms with Crippen LogP contribution in [0.25, 0.3) is 0 Å². The number of esters is 3. The van der Waals surface area contributed by atoms with Crippen LogP contribution in [0, 0.1) is 0 Å². The minimum Gasteiger partial charge on any atom is -1.00 e. The standard InChI is InChI=1S/3C6H9O9P.3Na.2H2O.3H/c3*7-1-2(8)4-3(9)5(6(10)14-4)15-16(11,12)13;;;;;;;;/h3*2,4,7-9H,1H2,(H2,11,12,13);;;;2*1H2;;;/q;;;3*+1;;;3*-1/t3*2-,4+;;;;;;;;/m000......../s1. The van der Waals surface area contributed by atoms with Gasteiger partial charge in [0.15, 0.2) is 35.6 Å². The van der Waals surface area contributed by atoms with Crippen LogP contribution in [0.4, 0.5) is 0 Å². The number of hydrogen-bond donors (Lipinski definition) is 15. The van der Waals surface area contributed by atoms with Crippen LogP contribution in [0.5, 0.6) is 0 Å². The van der Waals surface area contributed by atoms with E-state index < -0.39 is 132 Å². The van der Waals surface area contributed by atoms with Gasteiger partial charge in [0.05, 0.1) is 19.8 Å². The molecule has 19 N–H and O–H groups in total. The average molecular weight is 876 g/mol. The Morgan fingerprint density at radius 2 is 0.679 bits per heavy atom. The summed E-state index contributed by atoms with van der Waals surface area (Å²) in [5.41, 5.74) is 0. The molecule has 0 radical (unpaired) electrons. The van der Waals surface area contributed by atoms with E-state index in [0.29, 0.717) is 0 Å². The van der Waals surface area contributed by atoms with Crippen LogP contribution in [0.1, 0.15) is 4.28 Å². The fraction of sp³-hybridized carbons (Fsp3) is 0.500. The van der Waals surface area contributed by atoms with E-state index in [2.05, 4.69) is 27.8 Å². The van der Waals surface area contributed by atoms with Gasteiger partial charge in [0.1, 0.15) is 18.3 Å². The Hall–Kier alpha value is -0.440. The molecule has 3 aliphatic rings. The number of phosphoric ester groups is 3. The molecule has 3 heterocycles. The molecule has 0 amide bonds. The third-order valence-electron chi connectivity index (χ3n) is 5.00. The van der Waals surface area contributed by atoms with Crippen molar-refractivity contribution in [2.45, 2.75) is 36.6 Å². The van der Waals surface area contributed by atoms with Gasteiger partial charge in [-0.3, -0.25) is 29.4 Å². The van der Waals surface area contributed by atoms with Crippen LogP contribution >= 0.6 is 23.5 Å². The van der Waals surface area contributed by atoms with Gasteiger partial charge in [0, 0.05) is 0 Å². The van der Waals surface area contributed by atoms with Crippen molar-refractivity contribution < 1.29 is 235 Å². The van der Waals surface area contributed by atoms with Crippen molar-refractivity contribution >= 4 is 41.4 Å². The predicted molar refractivity (Wildman–Crippen MR) is 148 cm³/mol. The van der Waals surface area contributed by atoms with E-state index in [-0.39, 0.29) is 104 Å². The Morgan fingerprint density at radius 3 is 0.811 bits per heavy atom. The molecule has 35 heteroatoms. The summed E-state index contributed by atoms with van der Waals surface area (Å²) in [6.45, 7) is -2.44. The van der Waals surface area contributed by atoms with Gasteiger partial charge in [-0.25, -0.2) is 28.1 Å². The second-order valence-corrected chi connectivity index (χ2v) is 12.1. The quantitative estimate of drug-likeness (QED) is 0.0374. The molecule has 0 bridgehead atoms. The summed E-state index contributed by atoms with van der Waals surface area (Å²) in [5.74, 6) is -10.2. The van der Waals surface area contributed by atoms with Crippen molar-refractivity contribution in [3.63, 3.8) is 0 Å². The van der Waals surface area contributed by atoms with Crippen LogP contribution < -0.4 is 88.7 Å². The van der Waals surface area contributed by atoms with E-state index in [1.54, 1.807) is 0 Å². The van der Waals surface area contributed by atoms with Gasteiger partial charge < -0.3 is 89.0 Å². The molecule has 53 heavy (non-hydrogen) atoms. The Balaban J connectivity index is -0.0000000960. The van der Waals surface area contributed by atoms with E-state index in [4.69, 9.17) is 60.0 Å². The zero-order valence-corrected chi connectivity index (χ0v) is 35.7. The number of carbonyl (C=O) groups is 3. The first-order valence-electron chi connectivity index (χ1n) is 11.8. The zero-order chi connectivity index (χ0) is 37.5. The topological polar surface area (TPSA) is 524 Å². The van der Waals surface area contributed by atoms with Gasteiger partial charge >= 0.3 is 130 Å². The third kappa shape index (κ3) is 19.5. The van der Waals surface area contributed by atoms with Crippen molar-refractivity contribution in [3.8, 4) is 0 Å². The molecule has 3 aliphatic heterocycles. The van der Waals surface area contributed by atoms with Crippen LogP contribution in [0.15, 0.2) is 34.6 Å². The Labute approximate surface area is 364 Å². The normalized spacial score (nSPS) is 21.1. The first kappa shape index (κ1) is 61.8. The molecule has 0 unspecified atom stereocenters. The fourth-order valence-electron chi connectivity index (χ4n) is 3.05. The Kier molecular flexibility index (Phi) is 30.0. The minimum atomic E-state index is -5.02. The maximum absolute atomic E-state index is 11.0. The number of carbonyl (C=O) groups excluding carboxylic acids is 3. The fourth-order valence-corrected chi connectivity index (χ4v) is 4.27. The number of phosphoric acid groups is 3. The van der Waals surface area contributed by atoms with Crippen LogP contribution in [-0.2, 0) is 55.9 Å². The first-order chi connectivity index (χ1) is 21.8. The van der Waals surface area contributed by atoms with Gasteiger partial charge in [0.2, 0.25) is 0 Å². The molecule has 0 spiro atoms. The summed E-state index contributed by atoms with van der Waals surface area (Å²) in [6, 6.07) is 0. The van der Waals surface area contributed by atoms with Gasteiger partial charge in [-0.1, -0.05) is 0 Å². The van der Waals surface area contributed by atoms with Gasteiger partial charge in [-0.2, -0.15) is 0 Å². The van der Waals surface area contributed by atoms with Crippen molar-refractivity contribution in [2.75, 3.05) is 19.8 Å². The molecular formula is C18H34Na3O29P3. The summed E-state index contributed by atoms with van der Waals surface area (Å²) in [5, 5.41) is 80.8. The summed E-state index contributed by atoms with van der Waals surface area (Å²) in [6.07, 6.45) is -9.62. The molecule has 0 fully saturated rings. The van der Waals surface area contributed by atoms with E-state index >= 15 is 0 Å². The molecule has 0 aromatic heterocycles. The van der Waals surface area contributed by atoms with Crippen molar-refractivity contribution in [1.29, 1.82) is 0 Å². The van der Waals surface area contributed by atoms with Gasteiger partial charge in [0.25, 0.3) is 17.3 Å². The van der Waals surface area contributed by atoms with Crippen molar-refractivity contribution in [1.82, 2.24) is 0 Å². The zero-order valence-electron chi connectivity index (χ0n) is 30.0. The molecule has 3 rings (SSSR count). The molecule has 0 saturated carbocycles. The van der Waals surface area contributed by atoms with E-state index in [9.17, 15) is 43.4 Å². The summed E-state index contributed by atoms with van der Waals surface area (Å²) >= 11 is 0. The van der Waals surface area contributed by atoms with Crippen LogP contribution in [0.3, 0.4) is 0 Å². The molecule has 6 atom stereocenters. The Morgan fingerprint density at radius 1 is 0.509 bits per heavy atom. The maximum Gasteiger partial charge on any atom is 1.00 e. The molecule has 0 aliphatic carbocycles. The molecular weight excluding hydrogens is 842 g/mol. The third-order valence-corrected chi connectivity index (χ3v) is 6.27. The molecule has 298 valence electrons. The molecule has 0 aromatic carbocycles. The average Bonchev–Trinajstić information content (AvgIpc) is 3.51. The molecule has 29 nitrogen and oxygen atoms in total. The number of aliphatic hydroxyl groups excluding tert-OH is 9. The number of aliphatic hydroxyl groups is 9. The summed E-state index contributed by atoms with van der Waals surface area (Å²) in [4.78, 5) is 83.5. The minimum absolute atomic E-state index is 0. The second kappa shape index (κ2) is 25.7. The number of ether oxygens (including phenoxy) is 3. The number of rotatable bonds is 12. The number of cyclic esters (lactones) is 3. The SMILES string of the molecule is O.O.O=C1O[C@H]([C@@H](O)CO)C(O)=C1OP(=O)(O)O.O=C1O[C@H]([C@@H](O)CO)C(O)=C1OP(=O)(O)O.O=C1O[C@H]([C@@H](O)CO)C(O)=C1OP(=O)(O)O.[H-].[H-].[H-].[Na+].[Na+].[Na+]. The largest absolute Gasteiger partial charge is 1.00 e. The van der Waals surface area contributed by atoms with Crippen molar-refractivity contribution in [3.05, 3.63) is 34.6 Å². The summed E-state index contributed by atoms with van der Waals surface area (Å²) in [7, 11) is -15.1. The van der Waals surface area contributed by atoms with Crippen LogP contribution in [0.2, 0.25) is 0 Å². The Bertz CT molecular complexity index is 1310. The first-order valence-corrected chi connectivity index (χ1v) is 16.4. The maximum atomic E-state index is 11.0. The van der Waals surface area contributed by atoms with E-state index in [0.717, 1.165) is 0 Å².